The second-order valence-electron chi connectivity index (χ2n) is 7.42. The van der Waals surface area contributed by atoms with Crippen LogP contribution in [0.1, 0.15) is 22.3 Å². The zero-order chi connectivity index (χ0) is 15.6. The molecule has 0 unspecified atom stereocenters. The van der Waals surface area contributed by atoms with Gasteiger partial charge in [-0.15, -0.1) is 0 Å². The number of fused-ring (bicyclic) bond motifs is 1. The second kappa shape index (κ2) is 6.21. The molecule has 0 fully saturated rings. The van der Waals surface area contributed by atoms with Gasteiger partial charge in [-0.2, -0.15) is 0 Å². The Morgan fingerprint density at radius 1 is 0.909 bits per heavy atom. The molecule has 1 heterocycles. The zero-order valence-corrected chi connectivity index (χ0v) is 14.9. The van der Waals surface area contributed by atoms with Crippen molar-refractivity contribution >= 4 is 13.8 Å². The first-order chi connectivity index (χ1) is 10.5. The lowest BCUT2D eigenvalue weighted by atomic mass is 9.92. The van der Waals surface area contributed by atoms with Gasteiger partial charge < -0.3 is 0 Å². The van der Waals surface area contributed by atoms with Crippen molar-refractivity contribution in [3.8, 4) is 0 Å². The van der Waals surface area contributed by atoms with E-state index in [2.05, 4.69) is 68.2 Å². The summed E-state index contributed by atoms with van der Waals surface area (Å²) in [7, 11) is -1.11. The molecule has 0 amide bonds. The van der Waals surface area contributed by atoms with Crippen molar-refractivity contribution in [1.29, 1.82) is 0 Å². The summed E-state index contributed by atoms with van der Waals surface area (Å²) in [6.07, 6.45) is 2.05. The lowest BCUT2D eigenvalue weighted by molar-refractivity contribution is 0.933. The molecule has 0 atom stereocenters. The van der Waals surface area contributed by atoms with E-state index < -0.39 is 8.07 Å². The van der Waals surface area contributed by atoms with Gasteiger partial charge in [-0.25, -0.2) is 0 Å². The molecular formula is C20H25NSi. The Morgan fingerprint density at radius 3 is 2.36 bits per heavy atom. The van der Waals surface area contributed by atoms with Crippen LogP contribution in [0, 0.1) is 0 Å². The molecule has 114 valence electrons. The summed E-state index contributed by atoms with van der Waals surface area (Å²) in [6, 6.07) is 18.9. The Kier molecular flexibility index (Phi) is 4.30. The maximum atomic E-state index is 4.83. The predicted octanol–water partition coefficient (Wildman–Crippen LogP) is 4.69. The molecule has 0 saturated carbocycles. The molecule has 0 aliphatic carbocycles. The summed E-state index contributed by atoms with van der Waals surface area (Å²) in [5.74, 6) is 0. The van der Waals surface area contributed by atoms with Crippen molar-refractivity contribution in [2.24, 2.45) is 4.99 Å². The maximum absolute atomic E-state index is 4.83. The number of benzene rings is 2. The lowest BCUT2D eigenvalue weighted by Gasteiger charge is -2.21. The molecule has 1 aliphatic rings. The van der Waals surface area contributed by atoms with Gasteiger partial charge in [0.15, 0.2) is 0 Å². The van der Waals surface area contributed by atoms with Gasteiger partial charge in [-0.05, 0) is 34.7 Å². The number of rotatable bonds is 4. The molecule has 0 saturated heterocycles. The Morgan fingerprint density at radius 2 is 1.59 bits per heavy atom. The second-order valence-corrected chi connectivity index (χ2v) is 12.9. The van der Waals surface area contributed by atoms with Crippen LogP contribution < -0.4 is 0 Å². The van der Waals surface area contributed by atoms with E-state index in [9.17, 15) is 0 Å². The third-order valence-corrected chi connectivity index (χ3v) is 5.65. The fraction of sp³-hybridized carbons (Fsp3) is 0.350. The van der Waals surface area contributed by atoms with Crippen molar-refractivity contribution in [2.75, 3.05) is 6.54 Å². The van der Waals surface area contributed by atoms with Crippen LogP contribution in [-0.4, -0.2) is 20.3 Å². The molecular weight excluding hydrogens is 282 g/mol. The third-order valence-electron chi connectivity index (χ3n) is 4.21. The van der Waals surface area contributed by atoms with Crippen LogP contribution >= 0.6 is 0 Å². The van der Waals surface area contributed by atoms with Crippen LogP contribution in [0.2, 0.25) is 19.6 Å². The highest BCUT2D eigenvalue weighted by atomic mass is 28.3. The van der Waals surface area contributed by atoms with Crippen LogP contribution in [-0.2, 0) is 18.9 Å². The van der Waals surface area contributed by atoms with Crippen LogP contribution in [0.5, 0.6) is 0 Å². The van der Waals surface area contributed by atoms with E-state index in [-0.39, 0.29) is 0 Å². The summed E-state index contributed by atoms with van der Waals surface area (Å²) in [6.45, 7) is 8.26. The van der Waals surface area contributed by atoms with Crippen LogP contribution in [0.25, 0.3) is 0 Å². The molecule has 3 rings (SSSR count). The Bertz CT molecular complexity index is 695. The molecule has 0 spiro atoms. The van der Waals surface area contributed by atoms with Crippen LogP contribution in [0.4, 0.5) is 0 Å². The lowest BCUT2D eigenvalue weighted by Crippen LogP contribution is -2.25. The van der Waals surface area contributed by atoms with E-state index in [0.717, 1.165) is 19.4 Å². The summed E-state index contributed by atoms with van der Waals surface area (Å²) in [5, 5.41) is 0. The molecule has 0 bridgehead atoms. The quantitative estimate of drug-likeness (QED) is 0.726. The summed E-state index contributed by atoms with van der Waals surface area (Å²) in [4.78, 5) is 4.83. The minimum absolute atomic E-state index is 0.933. The highest BCUT2D eigenvalue weighted by Gasteiger charge is 2.18. The highest BCUT2D eigenvalue weighted by Crippen LogP contribution is 2.22. The Hall–Kier alpha value is -1.67. The number of nitrogens with zero attached hydrogens (tertiary/aromatic N) is 1. The van der Waals surface area contributed by atoms with Crippen molar-refractivity contribution in [3.63, 3.8) is 0 Å². The first kappa shape index (κ1) is 15.2. The number of hydrogen-bond donors (Lipinski definition) is 0. The molecule has 1 aliphatic heterocycles. The fourth-order valence-corrected chi connectivity index (χ4v) is 4.71. The van der Waals surface area contributed by atoms with Gasteiger partial charge in [0.25, 0.3) is 0 Å². The highest BCUT2D eigenvalue weighted by molar-refractivity contribution is 6.75. The van der Waals surface area contributed by atoms with Crippen molar-refractivity contribution < 1.29 is 0 Å². The Labute approximate surface area is 135 Å². The number of hydrogen-bond acceptors (Lipinski definition) is 1. The van der Waals surface area contributed by atoms with Gasteiger partial charge in [0.05, 0.1) is 0 Å². The van der Waals surface area contributed by atoms with E-state index in [1.54, 1.807) is 0 Å². The maximum Gasteiger partial charge on any atom is 0.0487 e. The number of aliphatic imine (C=N–C) groups is 1. The molecule has 2 heteroatoms. The van der Waals surface area contributed by atoms with E-state index in [0.29, 0.717) is 0 Å². The smallest absolute Gasteiger partial charge is 0.0487 e. The van der Waals surface area contributed by atoms with Gasteiger partial charge >= 0.3 is 0 Å². The van der Waals surface area contributed by atoms with Crippen molar-refractivity contribution in [1.82, 2.24) is 0 Å². The van der Waals surface area contributed by atoms with Gasteiger partial charge in [-0.1, -0.05) is 68.2 Å². The summed E-state index contributed by atoms with van der Waals surface area (Å²) >= 11 is 0. The van der Waals surface area contributed by atoms with E-state index in [1.165, 1.54) is 34.0 Å². The van der Waals surface area contributed by atoms with Gasteiger partial charge in [0.2, 0.25) is 0 Å². The van der Waals surface area contributed by atoms with Gasteiger partial charge in [0, 0.05) is 26.8 Å². The average molecular weight is 308 g/mol. The van der Waals surface area contributed by atoms with Crippen molar-refractivity contribution in [3.05, 3.63) is 70.8 Å². The first-order valence-corrected chi connectivity index (χ1v) is 11.9. The largest absolute Gasteiger partial charge is 0.288 e. The fourth-order valence-electron chi connectivity index (χ4n) is 3.22. The average Bonchev–Trinajstić information content (AvgIpc) is 2.48. The monoisotopic (exact) mass is 307 g/mol. The molecule has 0 aromatic heterocycles. The molecule has 2 aromatic carbocycles. The minimum Gasteiger partial charge on any atom is -0.288 e. The van der Waals surface area contributed by atoms with E-state index in [1.807, 2.05) is 0 Å². The zero-order valence-electron chi connectivity index (χ0n) is 13.9. The molecule has 1 nitrogen and oxygen atoms in total. The van der Waals surface area contributed by atoms with Crippen molar-refractivity contribution in [2.45, 2.75) is 38.5 Å². The Balaban J connectivity index is 1.90. The summed E-state index contributed by atoms with van der Waals surface area (Å²) in [5.41, 5.74) is 7.06. The van der Waals surface area contributed by atoms with E-state index in [4.69, 9.17) is 4.99 Å². The SMILES string of the molecule is C[Si](C)(C)Cc1ccccc1CC1=NCCc2ccccc21. The third kappa shape index (κ3) is 3.56. The molecule has 0 N–H and O–H groups in total. The molecule has 22 heavy (non-hydrogen) atoms. The first-order valence-electron chi connectivity index (χ1n) is 8.21. The van der Waals surface area contributed by atoms with Gasteiger partial charge in [-0.3, -0.25) is 4.99 Å². The molecule has 0 radical (unpaired) electrons. The normalized spacial score (nSPS) is 14.4. The van der Waals surface area contributed by atoms with Crippen LogP contribution in [0.3, 0.4) is 0 Å². The van der Waals surface area contributed by atoms with E-state index >= 15 is 0 Å². The summed E-state index contributed by atoms with van der Waals surface area (Å²) < 4.78 is 0. The van der Waals surface area contributed by atoms with Crippen LogP contribution in [0.15, 0.2) is 53.5 Å². The predicted molar refractivity (Wildman–Crippen MR) is 98.7 cm³/mol. The standard InChI is InChI=1S/C20H25NSi/c1-22(2,3)15-18-10-5-4-9-17(18)14-20-19-11-7-6-8-16(19)12-13-21-20/h4-11H,12-15H2,1-3H3. The molecule has 2 aromatic rings. The topological polar surface area (TPSA) is 12.4 Å². The minimum atomic E-state index is -1.11. The van der Waals surface area contributed by atoms with Gasteiger partial charge in [0.1, 0.15) is 0 Å².